The summed E-state index contributed by atoms with van der Waals surface area (Å²) in [5, 5.41) is 11.7. The normalized spacial score (nSPS) is 12.2. The smallest absolute Gasteiger partial charge is 0.165 e. The number of benzene rings is 9. The molecule has 0 aliphatic rings. The van der Waals surface area contributed by atoms with Crippen molar-refractivity contribution in [2.24, 2.45) is 0 Å². The molecule has 0 fully saturated rings. The van der Waals surface area contributed by atoms with Crippen molar-refractivity contribution in [2.45, 2.75) is 0 Å². The number of para-hydroxylation sites is 5. The molecule has 0 saturated heterocycles. The highest BCUT2D eigenvalue weighted by Crippen LogP contribution is 2.42. The Morgan fingerprint density at radius 2 is 1.04 bits per heavy atom. The fourth-order valence-electron chi connectivity index (χ4n) is 9.34. The van der Waals surface area contributed by atoms with E-state index in [0.717, 1.165) is 72.2 Å². The summed E-state index contributed by atoms with van der Waals surface area (Å²) >= 11 is 0. The van der Waals surface area contributed by atoms with Crippen molar-refractivity contribution in [3.05, 3.63) is 182 Å². The quantitative estimate of drug-likeness (QED) is 0.182. The molecular formula is C52H30N4O. The molecule has 0 amide bonds. The standard InChI is InChI=1S/C52H30N4O/c1-2-14-34-31(12-1)24-26-38-35-15-3-8-20-44(35)55(51(34)38)46-22-11-13-32-28-40-36-16-4-9-21-45(36)56(47(40)30-39(32)46)52-50(53-42-18-6-7-19-43(42)54-52)33-25-27-49-41(29-33)37-17-5-10-23-48(37)57-49/h1-30H. The van der Waals surface area contributed by atoms with Crippen LogP contribution in [0.15, 0.2) is 186 Å². The number of fused-ring (bicyclic) bond motifs is 13. The van der Waals surface area contributed by atoms with Gasteiger partial charge in [0.25, 0.3) is 0 Å². The van der Waals surface area contributed by atoms with Crippen LogP contribution in [0.25, 0.3) is 121 Å². The van der Waals surface area contributed by atoms with Crippen molar-refractivity contribution in [1.29, 1.82) is 0 Å². The lowest BCUT2D eigenvalue weighted by Crippen LogP contribution is -2.04. The molecule has 4 aromatic heterocycles. The Morgan fingerprint density at radius 3 is 1.89 bits per heavy atom. The van der Waals surface area contributed by atoms with Crippen LogP contribution in [0.2, 0.25) is 0 Å². The first-order valence-electron chi connectivity index (χ1n) is 19.3. The zero-order chi connectivity index (χ0) is 37.2. The molecule has 0 aliphatic carbocycles. The maximum atomic E-state index is 6.25. The van der Waals surface area contributed by atoms with Gasteiger partial charge in [-0.25, -0.2) is 9.97 Å². The summed E-state index contributed by atoms with van der Waals surface area (Å²) in [5.74, 6) is 0.784. The minimum Gasteiger partial charge on any atom is -0.456 e. The Balaban J connectivity index is 1.15. The molecule has 0 aliphatic heterocycles. The van der Waals surface area contributed by atoms with Crippen LogP contribution >= 0.6 is 0 Å². The third-order valence-electron chi connectivity index (χ3n) is 11.9. The fraction of sp³-hybridized carbons (Fsp3) is 0. The van der Waals surface area contributed by atoms with Gasteiger partial charge in [0.2, 0.25) is 0 Å². The van der Waals surface area contributed by atoms with E-state index in [4.69, 9.17) is 14.4 Å². The van der Waals surface area contributed by atoms with Gasteiger partial charge in [0.15, 0.2) is 5.82 Å². The summed E-state index contributed by atoms with van der Waals surface area (Å²) in [6, 6.07) is 64.9. The Bertz CT molecular complexity index is 3830. The predicted octanol–water partition coefficient (Wildman–Crippen LogP) is 13.7. The minimum atomic E-state index is 0.784. The SMILES string of the molecule is c1cc(-n2c3ccccc3c3ccc4ccccc4c32)c2cc3c(cc2c1)c1ccccc1n3-c1nc2ccccc2nc1-c1ccc2oc3ccccc3c2c1. The van der Waals surface area contributed by atoms with Crippen LogP contribution in [-0.2, 0) is 0 Å². The molecule has 13 rings (SSSR count). The van der Waals surface area contributed by atoms with E-state index in [-0.39, 0.29) is 0 Å². The molecule has 264 valence electrons. The third kappa shape index (κ3) is 4.28. The zero-order valence-electron chi connectivity index (χ0n) is 30.5. The van der Waals surface area contributed by atoms with Crippen molar-refractivity contribution in [3.8, 4) is 22.8 Å². The van der Waals surface area contributed by atoms with Gasteiger partial charge in [-0.05, 0) is 77.5 Å². The molecule has 0 radical (unpaired) electrons. The molecular weight excluding hydrogens is 697 g/mol. The number of furan rings is 1. The molecule has 0 atom stereocenters. The molecule has 0 saturated carbocycles. The van der Waals surface area contributed by atoms with Crippen LogP contribution < -0.4 is 0 Å². The molecule has 13 aromatic rings. The summed E-state index contributed by atoms with van der Waals surface area (Å²) < 4.78 is 11.0. The van der Waals surface area contributed by atoms with Gasteiger partial charge in [0.05, 0.1) is 38.8 Å². The number of aromatic nitrogens is 4. The Kier molecular flexibility index (Phi) is 6.10. The van der Waals surface area contributed by atoms with Crippen LogP contribution in [0.1, 0.15) is 0 Å². The Labute approximate surface area is 325 Å². The maximum Gasteiger partial charge on any atom is 0.165 e. The zero-order valence-corrected chi connectivity index (χ0v) is 30.5. The first-order valence-corrected chi connectivity index (χ1v) is 19.3. The van der Waals surface area contributed by atoms with E-state index in [9.17, 15) is 0 Å². The van der Waals surface area contributed by atoms with Crippen molar-refractivity contribution in [2.75, 3.05) is 0 Å². The van der Waals surface area contributed by atoms with Gasteiger partial charge in [0.1, 0.15) is 16.9 Å². The van der Waals surface area contributed by atoms with E-state index in [0.29, 0.717) is 0 Å². The first-order chi connectivity index (χ1) is 28.3. The molecule has 4 heterocycles. The van der Waals surface area contributed by atoms with Crippen LogP contribution in [-0.4, -0.2) is 19.1 Å². The van der Waals surface area contributed by atoms with E-state index < -0.39 is 0 Å². The van der Waals surface area contributed by atoms with E-state index in [2.05, 4.69) is 161 Å². The Hall–Kier alpha value is -7.76. The topological polar surface area (TPSA) is 48.8 Å². The molecule has 9 aromatic carbocycles. The lowest BCUT2D eigenvalue weighted by molar-refractivity contribution is 0.669. The highest BCUT2D eigenvalue weighted by molar-refractivity contribution is 6.20. The summed E-state index contributed by atoms with van der Waals surface area (Å²) in [7, 11) is 0. The average molecular weight is 727 g/mol. The molecule has 0 unspecified atom stereocenters. The highest BCUT2D eigenvalue weighted by atomic mass is 16.3. The summed E-state index contributed by atoms with van der Waals surface area (Å²) in [4.78, 5) is 10.9. The summed E-state index contributed by atoms with van der Waals surface area (Å²) in [6.45, 7) is 0. The van der Waals surface area contributed by atoms with Gasteiger partial charge >= 0.3 is 0 Å². The van der Waals surface area contributed by atoms with Crippen molar-refractivity contribution < 1.29 is 4.42 Å². The first kappa shape index (κ1) is 30.6. The van der Waals surface area contributed by atoms with Gasteiger partial charge in [-0.1, -0.05) is 115 Å². The number of rotatable bonds is 3. The van der Waals surface area contributed by atoms with Crippen LogP contribution in [0, 0.1) is 0 Å². The lowest BCUT2D eigenvalue weighted by Gasteiger charge is -2.15. The second kappa shape index (κ2) is 11.4. The van der Waals surface area contributed by atoms with Gasteiger partial charge in [-0.3, -0.25) is 4.57 Å². The van der Waals surface area contributed by atoms with Crippen LogP contribution in [0.5, 0.6) is 0 Å². The third-order valence-corrected chi connectivity index (χ3v) is 11.9. The molecule has 0 N–H and O–H groups in total. The second-order valence-corrected chi connectivity index (χ2v) is 14.9. The predicted molar refractivity (Wildman–Crippen MR) is 236 cm³/mol. The molecule has 0 spiro atoms. The maximum absolute atomic E-state index is 6.25. The molecule has 57 heavy (non-hydrogen) atoms. The van der Waals surface area contributed by atoms with Crippen molar-refractivity contribution in [1.82, 2.24) is 19.1 Å². The van der Waals surface area contributed by atoms with Crippen molar-refractivity contribution in [3.63, 3.8) is 0 Å². The van der Waals surface area contributed by atoms with E-state index in [1.165, 1.54) is 48.7 Å². The Morgan fingerprint density at radius 1 is 0.368 bits per heavy atom. The van der Waals surface area contributed by atoms with Gasteiger partial charge in [-0.2, -0.15) is 0 Å². The minimum absolute atomic E-state index is 0.784. The average Bonchev–Trinajstić information content (AvgIpc) is 3.92. The second-order valence-electron chi connectivity index (χ2n) is 14.9. The molecule has 5 nitrogen and oxygen atoms in total. The van der Waals surface area contributed by atoms with E-state index in [1.54, 1.807) is 0 Å². The summed E-state index contributed by atoms with van der Waals surface area (Å²) in [5.41, 5.74) is 10.9. The molecule has 5 heteroatoms. The van der Waals surface area contributed by atoms with Crippen LogP contribution in [0.3, 0.4) is 0 Å². The fourth-order valence-corrected chi connectivity index (χ4v) is 9.34. The van der Waals surface area contributed by atoms with Gasteiger partial charge in [-0.15, -0.1) is 0 Å². The highest BCUT2D eigenvalue weighted by Gasteiger charge is 2.22. The number of hydrogen-bond acceptors (Lipinski definition) is 3. The molecule has 0 bridgehead atoms. The summed E-state index contributed by atoms with van der Waals surface area (Å²) in [6.07, 6.45) is 0. The van der Waals surface area contributed by atoms with E-state index in [1.807, 2.05) is 30.3 Å². The number of nitrogens with zero attached hydrogens (tertiary/aromatic N) is 4. The lowest BCUT2D eigenvalue weighted by atomic mass is 10.0. The largest absolute Gasteiger partial charge is 0.456 e. The number of hydrogen-bond donors (Lipinski definition) is 0. The van der Waals surface area contributed by atoms with Crippen molar-refractivity contribution >= 4 is 98.1 Å². The van der Waals surface area contributed by atoms with Gasteiger partial charge in [0, 0.05) is 48.7 Å². The van der Waals surface area contributed by atoms with Gasteiger partial charge < -0.3 is 8.98 Å². The van der Waals surface area contributed by atoms with E-state index >= 15 is 0 Å². The monoisotopic (exact) mass is 726 g/mol. The van der Waals surface area contributed by atoms with Crippen LogP contribution in [0.4, 0.5) is 0 Å².